The van der Waals surface area contributed by atoms with Gasteiger partial charge in [0, 0.05) is 25.2 Å². The van der Waals surface area contributed by atoms with Gasteiger partial charge in [0.05, 0.1) is 0 Å². The minimum atomic E-state index is -0.0627. The van der Waals surface area contributed by atoms with Crippen molar-refractivity contribution < 1.29 is 9.53 Å². The van der Waals surface area contributed by atoms with Gasteiger partial charge in [0.2, 0.25) is 5.91 Å². The molecule has 2 N–H and O–H groups in total. The predicted molar refractivity (Wildman–Crippen MR) is 67.3 cm³/mol. The van der Waals surface area contributed by atoms with E-state index >= 15 is 0 Å². The zero-order chi connectivity index (χ0) is 12.1. The standard InChI is InChI=1S/C13H18N2O2/c1-10(16)15-12-4-6-13(7-5-12)17-9-8-14-11-2-3-11/h4-7,11,14H,2-3,8-9H2,1H3,(H,15,16). The SMILES string of the molecule is CC(=O)Nc1ccc(OCCNC2CC2)cc1. The Balaban J connectivity index is 1.70. The number of nitrogens with one attached hydrogen (secondary N) is 2. The maximum atomic E-state index is 10.8. The topological polar surface area (TPSA) is 50.4 Å². The summed E-state index contributed by atoms with van der Waals surface area (Å²) < 4.78 is 5.57. The normalized spacial score (nSPS) is 14.4. The maximum absolute atomic E-state index is 10.8. The average molecular weight is 234 g/mol. The number of carbonyl (C=O) groups is 1. The lowest BCUT2D eigenvalue weighted by Crippen LogP contribution is -2.22. The molecule has 4 heteroatoms. The first-order valence-electron chi connectivity index (χ1n) is 5.98. The molecule has 17 heavy (non-hydrogen) atoms. The summed E-state index contributed by atoms with van der Waals surface area (Å²) >= 11 is 0. The van der Waals surface area contributed by atoms with E-state index in [0.29, 0.717) is 6.61 Å². The fourth-order valence-corrected chi connectivity index (χ4v) is 1.56. The van der Waals surface area contributed by atoms with Crippen LogP contribution in [0.25, 0.3) is 0 Å². The van der Waals surface area contributed by atoms with Gasteiger partial charge in [-0.3, -0.25) is 4.79 Å². The van der Waals surface area contributed by atoms with Gasteiger partial charge in [-0.25, -0.2) is 0 Å². The third kappa shape index (κ3) is 4.44. The van der Waals surface area contributed by atoms with Crippen LogP contribution in [0.3, 0.4) is 0 Å². The number of carbonyl (C=O) groups excluding carboxylic acids is 1. The minimum absolute atomic E-state index is 0.0627. The highest BCUT2D eigenvalue weighted by Gasteiger charge is 2.19. The molecule has 1 saturated carbocycles. The molecule has 1 aromatic rings. The summed E-state index contributed by atoms with van der Waals surface area (Å²) in [5.41, 5.74) is 0.793. The number of benzene rings is 1. The van der Waals surface area contributed by atoms with Crippen LogP contribution in [0.15, 0.2) is 24.3 Å². The number of hydrogen-bond acceptors (Lipinski definition) is 3. The van der Waals surface area contributed by atoms with Crippen LogP contribution >= 0.6 is 0 Å². The summed E-state index contributed by atoms with van der Waals surface area (Å²) in [4.78, 5) is 10.8. The van der Waals surface area contributed by atoms with Crippen molar-refractivity contribution in [3.63, 3.8) is 0 Å². The van der Waals surface area contributed by atoms with Crippen molar-refractivity contribution in [1.29, 1.82) is 0 Å². The largest absolute Gasteiger partial charge is 0.492 e. The van der Waals surface area contributed by atoms with E-state index in [1.54, 1.807) is 0 Å². The van der Waals surface area contributed by atoms with E-state index in [0.717, 1.165) is 24.0 Å². The van der Waals surface area contributed by atoms with Crippen molar-refractivity contribution in [1.82, 2.24) is 5.32 Å². The van der Waals surface area contributed by atoms with Crippen molar-refractivity contribution in [2.75, 3.05) is 18.5 Å². The van der Waals surface area contributed by atoms with Crippen LogP contribution in [0, 0.1) is 0 Å². The van der Waals surface area contributed by atoms with Crippen molar-refractivity contribution in [2.24, 2.45) is 0 Å². The van der Waals surface area contributed by atoms with E-state index in [9.17, 15) is 4.79 Å². The molecule has 1 aromatic carbocycles. The third-order valence-electron chi connectivity index (χ3n) is 2.56. The van der Waals surface area contributed by atoms with Gasteiger partial charge < -0.3 is 15.4 Å². The molecule has 0 heterocycles. The first-order valence-corrected chi connectivity index (χ1v) is 5.98. The first-order chi connectivity index (χ1) is 8.24. The summed E-state index contributed by atoms with van der Waals surface area (Å²) in [6.07, 6.45) is 2.59. The lowest BCUT2D eigenvalue weighted by Gasteiger charge is -2.08. The molecule has 0 spiro atoms. The van der Waals surface area contributed by atoms with E-state index in [2.05, 4.69) is 10.6 Å². The van der Waals surface area contributed by atoms with E-state index in [1.165, 1.54) is 19.8 Å². The van der Waals surface area contributed by atoms with Crippen LogP contribution in [0.4, 0.5) is 5.69 Å². The van der Waals surface area contributed by atoms with Crippen LogP contribution in [0.1, 0.15) is 19.8 Å². The van der Waals surface area contributed by atoms with Crippen molar-refractivity contribution in [3.05, 3.63) is 24.3 Å². The molecular weight excluding hydrogens is 216 g/mol. The molecule has 1 aliphatic rings. The lowest BCUT2D eigenvalue weighted by atomic mass is 10.3. The molecule has 4 nitrogen and oxygen atoms in total. The molecule has 0 aliphatic heterocycles. The Labute approximate surface area is 101 Å². The van der Waals surface area contributed by atoms with Gasteiger partial charge in [-0.1, -0.05) is 0 Å². The van der Waals surface area contributed by atoms with Crippen molar-refractivity contribution in [2.45, 2.75) is 25.8 Å². The molecule has 2 rings (SSSR count). The van der Waals surface area contributed by atoms with Crippen LogP contribution in [0.2, 0.25) is 0 Å². The van der Waals surface area contributed by atoms with Crippen LogP contribution in [-0.2, 0) is 4.79 Å². The molecule has 1 aliphatic carbocycles. The second kappa shape index (κ2) is 5.68. The van der Waals surface area contributed by atoms with E-state index in [4.69, 9.17) is 4.74 Å². The Morgan fingerprint density at radius 1 is 1.35 bits per heavy atom. The Morgan fingerprint density at radius 3 is 2.65 bits per heavy atom. The Bertz CT molecular complexity index is 372. The quantitative estimate of drug-likeness (QED) is 0.738. The summed E-state index contributed by atoms with van der Waals surface area (Å²) in [6, 6.07) is 8.13. The molecule has 1 fully saturated rings. The molecule has 0 bridgehead atoms. The van der Waals surface area contributed by atoms with E-state index < -0.39 is 0 Å². The number of rotatable bonds is 6. The zero-order valence-corrected chi connectivity index (χ0v) is 10.0. The van der Waals surface area contributed by atoms with Gasteiger partial charge in [0.25, 0.3) is 0 Å². The molecular formula is C13H18N2O2. The van der Waals surface area contributed by atoms with Gasteiger partial charge in [-0.2, -0.15) is 0 Å². The lowest BCUT2D eigenvalue weighted by molar-refractivity contribution is -0.114. The third-order valence-corrected chi connectivity index (χ3v) is 2.56. The van der Waals surface area contributed by atoms with Gasteiger partial charge in [0.1, 0.15) is 12.4 Å². The smallest absolute Gasteiger partial charge is 0.221 e. The first kappa shape index (κ1) is 11.9. The summed E-state index contributed by atoms with van der Waals surface area (Å²) in [7, 11) is 0. The molecule has 0 atom stereocenters. The Hall–Kier alpha value is -1.55. The predicted octanol–water partition coefficient (Wildman–Crippen LogP) is 1.78. The average Bonchev–Trinajstić information content (AvgIpc) is 3.10. The minimum Gasteiger partial charge on any atom is -0.492 e. The summed E-state index contributed by atoms with van der Waals surface area (Å²) in [6.45, 7) is 3.06. The highest BCUT2D eigenvalue weighted by atomic mass is 16.5. The number of hydrogen-bond donors (Lipinski definition) is 2. The summed E-state index contributed by atoms with van der Waals surface area (Å²) in [5.74, 6) is 0.768. The molecule has 92 valence electrons. The second-order valence-electron chi connectivity index (χ2n) is 4.28. The van der Waals surface area contributed by atoms with E-state index in [1.807, 2.05) is 24.3 Å². The van der Waals surface area contributed by atoms with E-state index in [-0.39, 0.29) is 5.91 Å². The van der Waals surface area contributed by atoms with Gasteiger partial charge >= 0.3 is 0 Å². The molecule has 0 saturated heterocycles. The Kier molecular flexibility index (Phi) is 3.98. The molecule has 0 unspecified atom stereocenters. The Morgan fingerprint density at radius 2 is 2.06 bits per heavy atom. The van der Waals surface area contributed by atoms with Gasteiger partial charge in [0.15, 0.2) is 0 Å². The number of anilines is 1. The van der Waals surface area contributed by atoms with Crippen LogP contribution < -0.4 is 15.4 Å². The molecule has 1 amide bonds. The van der Waals surface area contributed by atoms with Crippen molar-refractivity contribution >= 4 is 11.6 Å². The zero-order valence-electron chi connectivity index (χ0n) is 10.0. The van der Waals surface area contributed by atoms with Gasteiger partial charge in [-0.15, -0.1) is 0 Å². The monoisotopic (exact) mass is 234 g/mol. The fraction of sp³-hybridized carbons (Fsp3) is 0.462. The maximum Gasteiger partial charge on any atom is 0.221 e. The fourth-order valence-electron chi connectivity index (χ4n) is 1.56. The molecule has 0 radical (unpaired) electrons. The van der Waals surface area contributed by atoms with Gasteiger partial charge in [-0.05, 0) is 37.1 Å². The highest BCUT2D eigenvalue weighted by molar-refractivity contribution is 5.88. The van der Waals surface area contributed by atoms with Crippen LogP contribution in [-0.4, -0.2) is 25.1 Å². The summed E-state index contributed by atoms with van der Waals surface area (Å²) in [5, 5.41) is 6.10. The van der Waals surface area contributed by atoms with Crippen LogP contribution in [0.5, 0.6) is 5.75 Å². The number of ether oxygens (including phenoxy) is 1. The molecule has 0 aromatic heterocycles. The number of amides is 1. The van der Waals surface area contributed by atoms with Crippen molar-refractivity contribution in [3.8, 4) is 5.75 Å². The second-order valence-corrected chi connectivity index (χ2v) is 4.28. The highest BCUT2D eigenvalue weighted by Crippen LogP contribution is 2.18.